The quantitative estimate of drug-likeness (QED) is 0.704. The second-order valence-corrected chi connectivity index (χ2v) is 6.31. The maximum Gasteiger partial charge on any atom is 0.431 e. The van der Waals surface area contributed by atoms with Gasteiger partial charge in [0.25, 0.3) is 0 Å². The molecular formula is C20H21F2N3O4. The zero-order valence-corrected chi connectivity index (χ0v) is 16.0. The summed E-state index contributed by atoms with van der Waals surface area (Å²) < 4.78 is 40.3. The zero-order chi connectivity index (χ0) is 21.0. The second kappa shape index (κ2) is 8.76. The zero-order valence-electron chi connectivity index (χ0n) is 16.0. The van der Waals surface area contributed by atoms with Crippen LogP contribution in [0.4, 0.5) is 19.3 Å². The minimum Gasteiger partial charge on any atom is -0.493 e. The summed E-state index contributed by atoms with van der Waals surface area (Å²) in [6.07, 6.45) is -0.642. The predicted molar refractivity (Wildman–Crippen MR) is 103 cm³/mol. The number of hydrogen-bond donors (Lipinski definition) is 1. The van der Waals surface area contributed by atoms with Gasteiger partial charge in [0.2, 0.25) is 0 Å². The molecule has 9 heteroatoms. The van der Waals surface area contributed by atoms with Crippen LogP contribution in [0.25, 0.3) is 0 Å². The average Bonchev–Trinajstić information content (AvgIpc) is 2.70. The molecule has 2 aromatic rings. The summed E-state index contributed by atoms with van der Waals surface area (Å²) in [5, 5.41) is 5.68. The molecule has 1 amide bonds. The van der Waals surface area contributed by atoms with E-state index in [2.05, 4.69) is 9.84 Å². The smallest absolute Gasteiger partial charge is 0.431 e. The van der Waals surface area contributed by atoms with Crippen LogP contribution in [0.15, 0.2) is 47.6 Å². The molecule has 0 saturated heterocycles. The number of carbonyl (C=O) groups excluding carboxylic acids is 1. The highest BCUT2D eigenvalue weighted by Crippen LogP contribution is 2.31. The number of nitrogens with two attached hydrogens (primary N) is 1. The number of hydrogen-bond acceptors (Lipinski definition) is 6. The maximum absolute atomic E-state index is 12.6. The fourth-order valence-electron chi connectivity index (χ4n) is 2.91. The lowest BCUT2D eigenvalue weighted by Gasteiger charge is -2.29. The van der Waals surface area contributed by atoms with Gasteiger partial charge in [-0.3, -0.25) is 0 Å². The summed E-state index contributed by atoms with van der Waals surface area (Å²) in [5.41, 5.74) is 8.19. The van der Waals surface area contributed by atoms with E-state index in [1.54, 1.807) is 30.3 Å². The van der Waals surface area contributed by atoms with Gasteiger partial charge in [-0.05, 0) is 42.3 Å². The molecule has 1 aliphatic heterocycles. The number of carbonyl (C=O) groups is 1. The highest BCUT2D eigenvalue weighted by atomic mass is 19.3. The molecule has 0 aromatic heterocycles. The summed E-state index contributed by atoms with van der Waals surface area (Å²) in [6, 6.07) is 11.5. The van der Waals surface area contributed by atoms with Crippen LogP contribution in [0.3, 0.4) is 0 Å². The topological polar surface area (TPSA) is 86.4 Å². The Kier molecular flexibility index (Phi) is 6.16. The van der Waals surface area contributed by atoms with Crippen LogP contribution in [-0.4, -0.2) is 36.6 Å². The number of cyclic esters (lactones) is 1. The van der Waals surface area contributed by atoms with Crippen molar-refractivity contribution in [3.05, 3.63) is 53.6 Å². The SMILES string of the molecule is CCC1OC(=O)N(Cc2ccc(N)cc2)N=C1c1ccc(OC(F)F)c(OC)c1. The molecular weight excluding hydrogens is 384 g/mol. The largest absolute Gasteiger partial charge is 0.493 e. The summed E-state index contributed by atoms with van der Waals surface area (Å²) in [5.74, 6) is 0.0359. The van der Waals surface area contributed by atoms with Gasteiger partial charge in [0.1, 0.15) is 11.8 Å². The number of halogens is 2. The Balaban J connectivity index is 1.93. The lowest BCUT2D eigenvalue weighted by Crippen LogP contribution is -2.41. The number of nitrogen functional groups attached to an aromatic ring is 1. The van der Waals surface area contributed by atoms with Gasteiger partial charge in [-0.25, -0.2) is 4.79 Å². The van der Waals surface area contributed by atoms with Gasteiger partial charge < -0.3 is 19.9 Å². The minimum atomic E-state index is -2.97. The molecule has 2 aromatic carbocycles. The van der Waals surface area contributed by atoms with Crippen molar-refractivity contribution in [3.63, 3.8) is 0 Å². The number of hydrazone groups is 1. The van der Waals surface area contributed by atoms with E-state index in [9.17, 15) is 13.6 Å². The van der Waals surface area contributed by atoms with Crippen molar-refractivity contribution in [2.75, 3.05) is 12.8 Å². The second-order valence-electron chi connectivity index (χ2n) is 6.31. The number of methoxy groups -OCH3 is 1. The molecule has 0 saturated carbocycles. The van der Waals surface area contributed by atoms with Crippen LogP contribution in [0, 0.1) is 0 Å². The molecule has 1 atom stereocenters. The highest BCUT2D eigenvalue weighted by molar-refractivity contribution is 6.06. The van der Waals surface area contributed by atoms with E-state index in [4.69, 9.17) is 15.2 Å². The van der Waals surface area contributed by atoms with E-state index in [1.807, 2.05) is 6.92 Å². The fraction of sp³-hybridized carbons (Fsp3) is 0.300. The Morgan fingerprint density at radius 1 is 1.21 bits per heavy atom. The minimum absolute atomic E-state index is 0.0913. The van der Waals surface area contributed by atoms with Crippen molar-refractivity contribution in [2.24, 2.45) is 5.10 Å². The van der Waals surface area contributed by atoms with Gasteiger partial charge >= 0.3 is 12.7 Å². The van der Waals surface area contributed by atoms with Crippen LogP contribution in [0.5, 0.6) is 11.5 Å². The first-order chi connectivity index (χ1) is 13.9. The summed E-state index contributed by atoms with van der Waals surface area (Å²) in [7, 11) is 1.35. The monoisotopic (exact) mass is 405 g/mol. The number of benzene rings is 2. The molecule has 2 N–H and O–H groups in total. The Bertz CT molecular complexity index is 903. The molecule has 1 heterocycles. The summed E-state index contributed by atoms with van der Waals surface area (Å²) >= 11 is 0. The molecule has 154 valence electrons. The molecule has 7 nitrogen and oxygen atoms in total. The number of amides is 1. The highest BCUT2D eigenvalue weighted by Gasteiger charge is 2.31. The first-order valence-electron chi connectivity index (χ1n) is 8.95. The fourth-order valence-corrected chi connectivity index (χ4v) is 2.91. The molecule has 0 bridgehead atoms. The van der Waals surface area contributed by atoms with Gasteiger partial charge in [0, 0.05) is 11.3 Å². The average molecular weight is 405 g/mol. The van der Waals surface area contributed by atoms with Gasteiger partial charge in [0.15, 0.2) is 11.5 Å². The van der Waals surface area contributed by atoms with E-state index in [0.717, 1.165) is 5.56 Å². The van der Waals surface area contributed by atoms with Crippen molar-refractivity contribution in [3.8, 4) is 11.5 Å². The first-order valence-corrected chi connectivity index (χ1v) is 8.95. The third-order valence-corrected chi connectivity index (χ3v) is 4.35. The molecule has 1 aliphatic rings. The number of rotatable bonds is 7. The van der Waals surface area contributed by atoms with Crippen molar-refractivity contribution in [2.45, 2.75) is 32.6 Å². The van der Waals surface area contributed by atoms with E-state index in [1.165, 1.54) is 24.3 Å². The molecule has 1 unspecified atom stereocenters. The van der Waals surface area contributed by atoms with Gasteiger partial charge in [0.05, 0.1) is 13.7 Å². The Morgan fingerprint density at radius 2 is 1.93 bits per heavy atom. The van der Waals surface area contributed by atoms with Gasteiger partial charge in [-0.15, -0.1) is 0 Å². The molecule has 0 fully saturated rings. The lowest BCUT2D eigenvalue weighted by atomic mass is 10.0. The van der Waals surface area contributed by atoms with E-state index in [-0.39, 0.29) is 18.0 Å². The number of nitrogens with zero attached hydrogens (tertiary/aromatic N) is 2. The number of alkyl halides is 2. The molecule has 0 aliphatic carbocycles. The number of anilines is 1. The van der Waals surface area contributed by atoms with Crippen LogP contribution >= 0.6 is 0 Å². The van der Waals surface area contributed by atoms with Crippen LogP contribution < -0.4 is 15.2 Å². The first kappa shape index (κ1) is 20.4. The molecule has 29 heavy (non-hydrogen) atoms. The van der Waals surface area contributed by atoms with Crippen LogP contribution in [0.1, 0.15) is 24.5 Å². The Labute approximate surface area is 166 Å². The maximum atomic E-state index is 12.6. The van der Waals surface area contributed by atoms with Gasteiger partial charge in [-0.1, -0.05) is 19.1 Å². The molecule has 0 spiro atoms. The van der Waals surface area contributed by atoms with Crippen molar-refractivity contribution >= 4 is 17.5 Å². The Hall–Kier alpha value is -3.36. The predicted octanol–water partition coefficient (Wildman–Crippen LogP) is 4.01. The van der Waals surface area contributed by atoms with Crippen LogP contribution in [-0.2, 0) is 11.3 Å². The third kappa shape index (κ3) is 4.74. The van der Waals surface area contributed by atoms with Crippen molar-refractivity contribution in [1.82, 2.24) is 5.01 Å². The van der Waals surface area contributed by atoms with Crippen LogP contribution in [0.2, 0.25) is 0 Å². The van der Waals surface area contributed by atoms with E-state index >= 15 is 0 Å². The number of ether oxygens (including phenoxy) is 3. The summed E-state index contributed by atoms with van der Waals surface area (Å²) in [4.78, 5) is 12.4. The standard InChI is InChI=1S/C20H21F2N3O4/c1-3-15-18(13-6-9-16(28-19(21)22)17(10-13)27-2)24-25(20(26)29-15)11-12-4-7-14(23)8-5-12/h4-10,15,19H,3,11,23H2,1-2H3. The van der Waals surface area contributed by atoms with Crippen molar-refractivity contribution < 1.29 is 27.8 Å². The van der Waals surface area contributed by atoms with E-state index in [0.29, 0.717) is 23.4 Å². The van der Waals surface area contributed by atoms with Crippen molar-refractivity contribution in [1.29, 1.82) is 0 Å². The molecule has 3 rings (SSSR count). The van der Waals surface area contributed by atoms with E-state index < -0.39 is 18.8 Å². The third-order valence-electron chi connectivity index (χ3n) is 4.35. The Morgan fingerprint density at radius 3 is 2.55 bits per heavy atom. The van der Waals surface area contributed by atoms with Gasteiger partial charge in [-0.2, -0.15) is 18.9 Å². The normalized spacial score (nSPS) is 16.4. The lowest BCUT2D eigenvalue weighted by molar-refractivity contribution is -0.0512. The molecule has 0 radical (unpaired) electrons. The summed E-state index contributed by atoms with van der Waals surface area (Å²) in [6.45, 7) is -0.918.